The summed E-state index contributed by atoms with van der Waals surface area (Å²) >= 11 is 0. The van der Waals surface area contributed by atoms with E-state index < -0.39 is 0 Å². The highest BCUT2D eigenvalue weighted by molar-refractivity contribution is 4.76. The van der Waals surface area contributed by atoms with Crippen LogP contribution in [-0.4, -0.2) is 24.5 Å². The maximum Gasteiger partial charge on any atom is -0.00162 e. The van der Waals surface area contributed by atoms with Crippen molar-refractivity contribution in [2.24, 2.45) is 34.0 Å². The third-order valence-corrected chi connectivity index (χ3v) is 8.30. The monoisotopic (exact) mass is 480 g/mol. The van der Waals surface area contributed by atoms with Crippen LogP contribution in [0.3, 0.4) is 0 Å². The Labute approximate surface area is 218 Å². The average Bonchev–Trinajstić information content (AvgIpc) is 2.65. The molecule has 3 unspecified atom stereocenters. The second kappa shape index (κ2) is 16.7. The van der Waals surface area contributed by atoms with E-state index in [1.165, 1.54) is 96.7 Å². The van der Waals surface area contributed by atoms with Crippen LogP contribution in [0.4, 0.5) is 0 Å². The van der Waals surface area contributed by atoms with Gasteiger partial charge in [0.1, 0.15) is 0 Å². The van der Waals surface area contributed by atoms with E-state index in [0.29, 0.717) is 16.2 Å². The molecule has 0 amide bonds. The van der Waals surface area contributed by atoms with Crippen LogP contribution < -0.4 is 0 Å². The first kappa shape index (κ1) is 34.0. The second-order valence-electron chi connectivity index (χ2n) is 14.9. The fraction of sp³-hybridized carbons (Fsp3) is 1.00. The second-order valence-corrected chi connectivity index (χ2v) is 14.9. The molecule has 0 aliphatic heterocycles. The van der Waals surface area contributed by atoms with Gasteiger partial charge < -0.3 is 4.90 Å². The Morgan fingerprint density at radius 2 is 0.706 bits per heavy atom. The van der Waals surface area contributed by atoms with Gasteiger partial charge in [0, 0.05) is 0 Å². The Morgan fingerprint density at radius 3 is 0.912 bits per heavy atom. The summed E-state index contributed by atoms with van der Waals surface area (Å²) in [7, 11) is 0. The summed E-state index contributed by atoms with van der Waals surface area (Å²) < 4.78 is 0. The van der Waals surface area contributed by atoms with Crippen molar-refractivity contribution in [1.82, 2.24) is 4.90 Å². The zero-order valence-corrected chi connectivity index (χ0v) is 26.3. The molecule has 0 saturated carbocycles. The molecule has 0 aromatic rings. The number of hydrogen-bond donors (Lipinski definition) is 0. The van der Waals surface area contributed by atoms with E-state index in [1.807, 2.05) is 0 Å². The van der Waals surface area contributed by atoms with Gasteiger partial charge >= 0.3 is 0 Å². The van der Waals surface area contributed by atoms with Crippen LogP contribution in [0.25, 0.3) is 0 Å². The van der Waals surface area contributed by atoms with Crippen molar-refractivity contribution in [3.8, 4) is 0 Å². The Morgan fingerprint density at radius 1 is 0.471 bits per heavy atom. The minimum atomic E-state index is 0.498. The van der Waals surface area contributed by atoms with Gasteiger partial charge in [0.25, 0.3) is 0 Å². The molecule has 206 valence electrons. The molecule has 1 heteroatoms. The molecular formula is C33H69N. The Kier molecular flexibility index (Phi) is 16.6. The summed E-state index contributed by atoms with van der Waals surface area (Å²) in [6.45, 7) is 33.2. The molecule has 34 heavy (non-hydrogen) atoms. The molecule has 0 aromatic carbocycles. The van der Waals surface area contributed by atoms with Crippen LogP contribution in [0, 0.1) is 34.0 Å². The minimum Gasteiger partial charge on any atom is -0.303 e. The van der Waals surface area contributed by atoms with E-state index in [-0.39, 0.29) is 0 Å². The minimum absolute atomic E-state index is 0.498. The van der Waals surface area contributed by atoms with Crippen LogP contribution >= 0.6 is 0 Å². The van der Waals surface area contributed by atoms with Gasteiger partial charge in [0.2, 0.25) is 0 Å². The lowest BCUT2D eigenvalue weighted by molar-refractivity contribution is 0.175. The van der Waals surface area contributed by atoms with Crippen molar-refractivity contribution in [3.63, 3.8) is 0 Å². The SMILES string of the molecule is CCCC(C)(C)CC(C)CCN(CCC(C)CC(C)(C)CCC)CCC(C)CC(C)(C)CCC. The van der Waals surface area contributed by atoms with E-state index >= 15 is 0 Å². The van der Waals surface area contributed by atoms with E-state index in [0.717, 1.165) is 17.8 Å². The number of hydrogen-bond acceptors (Lipinski definition) is 1. The van der Waals surface area contributed by atoms with E-state index in [2.05, 4.69) is 88.0 Å². The van der Waals surface area contributed by atoms with Crippen LogP contribution in [-0.2, 0) is 0 Å². The van der Waals surface area contributed by atoms with E-state index in [9.17, 15) is 0 Å². The van der Waals surface area contributed by atoms with E-state index in [1.54, 1.807) is 0 Å². The Balaban J connectivity index is 4.90. The average molecular weight is 480 g/mol. The van der Waals surface area contributed by atoms with Crippen molar-refractivity contribution in [3.05, 3.63) is 0 Å². The number of nitrogens with zero attached hydrogens (tertiary/aromatic N) is 1. The predicted octanol–water partition coefficient (Wildman–Crippen LogP) is 11.0. The quantitative estimate of drug-likeness (QED) is 0.158. The summed E-state index contributed by atoms with van der Waals surface area (Å²) in [6, 6.07) is 0. The van der Waals surface area contributed by atoms with Crippen molar-refractivity contribution in [1.29, 1.82) is 0 Å². The third kappa shape index (κ3) is 17.4. The van der Waals surface area contributed by atoms with Crippen molar-refractivity contribution < 1.29 is 0 Å². The first-order valence-corrected chi connectivity index (χ1v) is 15.4. The van der Waals surface area contributed by atoms with Gasteiger partial charge in [0.15, 0.2) is 0 Å². The van der Waals surface area contributed by atoms with Crippen molar-refractivity contribution >= 4 is 0 Å². The molecule has 0 bridgehead atoms. The first-order chi connectivity index (χ1) is 15.6. The molecule has 0 rings (SSSR count). The largest absolute Gasteiger partial charge is 0.303 e. The lowest BCUT2D eigenvalue weighted by Gasteiger charge is -2.32. The summed E-state index contributed by atoms with van der Waals surface area (Å²) in [5, 5.41) is 0. The molecule has 1 nitrogen and oxygen atoms in total. The molecular weight excluding hydrogens is 410 g/mol. The van der Waals surface area contributed by atoms with Gasteiger partial charge in [0.05, 0.1) is 0 Å². The van der Waals surface area contributed by atoms with Gasteiger partial charge in [-0.15, -0.1) is 0 Å². The highest BCUT2D eigenvalue weighted by atomic mass is 15.1. The number of rotatable bonds is 21. The maximum absolute atomic E-state index is 2.84. The lowest BCUT2D eigenvalue weighted by atomic mass is 9.78. The van der Waals surface area contributed by atoms with Gasteiger partial charge in [-0.2, -0.15) is 0 Å². The molecule has 0 aromatic heterocycles. The molecule has 0 heterocycles. The summed E-state index contributed by atoms with van der Waals surface area (Å²) in [5.74, 6) is 2.47. The molecule has 0 fully saturated rings. The zero-order chi connectivity index (χ0) is 26.4. The normalized spacial score (nSPS) is 16.1. The van der Waals surface area contributed by atoms with Crippen LogP contribution in [0.15, 0.2) is 0 Å². The molecule has 3 atom stereocenters. The summed E-state index contributed by atoms with van der Waals surface area (Å²) in [4.78, 5) is 2.84. The molecule has 0 spiro atoms. The van der Waals surface area contributed by atoms with E-state index in [4.69, 9.17) is 0 Å². The molecule has 0 aliphatic rings. The van der Waals surface area contributed by atoms with Gasteiger partial charge in [-0.05, 0) is 111 Å². The van der Waals surface area contributed by atoms with Crippen molar-refractivity contribution in [2.45, 2.75) is 160 Å². The van der Waals surface area contributed by atoms with Gasteiger partial charge in [-0.25, -0.2) is 0 Å². The molecule has 0 saturated heterocycles. The van der Waals surface area contributed by atoms with Gasteiger partial charge in [-0.3, -0.25) is 0 Å². The fourth-order valence-corrected chi connectivity index (χ4v) is 7.02. The Hall–Kier alpha value is -0.0400. The third-order valence-electron chi connectivity index (χ3n) is 8.30. The van der Waals surface area contributed by atoms with Crippen LogP contribution in [0.2, 0.25) is 0 Å². The lowest BCUT2D eigenvalue weighted by Crippen LogP contribution is -2.31. The topological polar surface area (TPSA) is 3.24 Å². The van der Waals surface area contributed by atoms with Crippen LogP contribution in [0.1, 0.15) is 160 Å². The highest BCUT2D eigenvalue weighted by Gasteiger charge is 2.24. The standard InChI is InChI=1S/C33H69N/c1-13-19-31(7,8)25-28(4)16-22-34(23-17-29(5)26-32(9,10)20-14-2)24-18-30(6)27-33(11,12)21-15-3/h28-30H,13-27H2,1-12H3. The smallest absolute Gasteiger partial charge is 0.00162 e. The summed E-state index contributed by atoms with van der Waals surface area (Å²) in [6.07, 6.45) is 16.2. The predicted molar refractivity (Wildman–Crippen MR) is 158 cm³/mol. The molecule has 0 N–H and O–H groups in total. The molecule has 0 radical (unpaired) electrons. The Bertz CT molecular complexity index is 417. The highest BCUT2D eigenvalue weighted by Crippen LogP contribution is 2.34. The summed E-state index contributed by atoms with van der Waals surface area (Å²) in [5.41, 5.74) is 1.49. The van der Waals surface area contributed by atoms with Crippen molar-refractivity contribution in [2.75, 3.05) is 19.6 Å². The van der Waals surface area contributed by atoms with Crippen LogP contribution in [0.5, 0.6) is 0 Å². The molecule has 0 aliphatic carbocycles. The van der Waals surface area contributed by atoms with Gasteiger partial charge in [-0.1, -0.05) is 102 Å². The maximum atomic E-state index is 2.84. The fourth-order valence-electron chi connectivity index (χ4n) is 7.02. The first-order valence-electron chi connectivity index (χ1n) is 15.4. The zero-order valence-electron chi connectivity index (χ0n) is 26.3.